The van der Waals surface area contributed by atoms with Crippen LogP contribution in [-0.4, -0.2) is 72.9 Å². The maximum atomic E-state index is 4.58. The van der Waals surface area contributed by atoms with Crippen LogP contribution in [0.25, 0.3) is 0 Å². The Morgan fingerprint density at radius 3 is 1.56 bits per heavy atom. The molecule has 1 saturated heterocycles. The molecule has 11 rings (SSSR count). The number of oxazole rings is 1. The minimum atomic E-state index is 1.25. The van der Waals surface area contributed by atoms with E-state index in [2.05, 4.69) is 78.5 Å². The number of aromatic amines is 4. The quantitative estimate of drug-likeness (QED) is 0.0973. The summed E-state index contributed by atoms with van der Waals surface area (Å²) in [4.78, 5) is 20.1. The fourth-order valence-electron chi connectivity index (χ4n) is 2.66. The van der Waals surface area contributed by atoms with Gasteiger partial charge in [0.2, 0.25) is 0 Å². The van der Waals surface area contributed by atoms with E-state index in [4.69, 9.17) is 0 Å². The SMILES string of the molecule is C1CCNC1.c1c[nH]cn1.c1cc[nH]c1.c1ccoc1.c1ccsc1.c1cn[nH]c1.c1cnoc1.c1cnsc1.c1cocn1.c1cscn1.c1nc[nH]n1. The topological polar surface area (TPSA) is 218 Å². The zero-order valence-electron chi connectivity index (χ0n) is 29.8. The molecule has 5 N–H and O–H groups in total. The lowest BCUT2D eigenvalue weighted by molar-refractivity contribution is 0.420. The fraction of sp³-hybridized carbons (Fsp3) is 0.111. The normalized spacial score (nSPS) is 9.45. The minimum Gasteiger partial charge on any atom is -0.473 e. The zero-order chi connectivity index (χ0) is 38.9. The van der Waals surface area contributed by atoms with Crippen LogP contribution in [0.3, 0.4) is 0 Å². The molecule has 0 radical (unpaired) electrons. The molecule has 55 heavy (non-hydrogen) atoms. The number of nitrogens with zero attached hydrogens (tertiary/aromatic N) is 8. The van der Waals surface area contributed by atoms with Gasteiger partial charge in [0, 0.05) is 60.3 Å². The molecule has 10 aromatic rings. The first kappa shape index (κ1) is 46.5. The summed E-state index contributed by atoms with van der Waals surface area (Å²) in [5.41, 5.74) is 1.79. The Bertz CT molecular complexity index is 1150. The lowest BCUT2D eigenvalue weighted by Crippen LogP contribution is -2.03. The summed E-state index contributed by atoms with van der Waals surface area (Å²) in [5.74, 6) is 0. The first-order chi connectivity index (χ1) is 27.5. The Balaban J connectivity index is 0.000000302. The lowest BCUT2D eigenvalue weighted by atomic mass is 10.4. The van der Waals surface area contributed by atoms with Gasteiger partial charge in [-0.05, 0) is 90.7 Å². The summed E-state index contributed by atoms with van der Waals surface area (Å²) in [6.07, 6.45) is 32.4. The molecule has 0 aliphatic carbocycles. The smallest absolute Gasteiger partial charge is 0.180 e. The molecular formula is C36H45N13O3S3. The van der Waals surface area contributed by atoms with Crippen LogP contribution in [0.15, 0.2) is 207 Å². The van der Waals surface area contributed by atoms with E-state index in [0.717, 1.165) is 0 Å². The van der Waals surface area contributed by atoms with Crippen LogP contribution in [0.2, 0.25) is 0 Å². The van der Waals surface area contributed by atoms with Gasteiger partial charge in [0.25, 0.3) is 0 Å². The lowest BCUT2D eigenvalue weighted by Gasteiger charge is -1.76. The van der Waals surface area contributed by atoms with E-state index in [1.54, 1.807) is 103 Å². The summed E-state index contributed by atoms with van der Waals surface area (Å²) in [6.45, 7) is 2.50. The van der Waals surface area contributed by atoms with Gasteiger partial charge in [-0.1, -0.05) is 17.3 Å². The van der Waals surface area contributed by atoms with Crippen LogP contribution in [0.5, 0.6) is 0 Å². The fourth-order valence-corrected chi connectivity index (χ4v) is 3.81. The Morgan fingerprint density at radius 1 is 0.509 bits per heavy atom. The van der Waals surface area contributed by atoms with Crippen molar-refractivity contribution in [2.45, 2.75) is 12.8 Å². The number of thiazole rings is 1. The second-order valence-corrected chi connectivity index (χ2v) is 11.1. The van der Waals surface area contributed by atoms with E-state index in [-0.39, 0.29) is 0 Å². The van der Waals surface area contributed by atoms with E-state index < -0.39 is 0 Å². The molecule has 1 fully saturated rings. The van der Waals surface area contributed by atoms with E-state index >= 15 is 0 Å². The van der Waals surface area contributed by atoms with Crippen molar-refractivity contribution in [2.75, 3.05) is 13.1 Å². The molecule has 19 heteroatoms. The van der Waals surface area contributed by atoms with Crippen molar-refractivity contribution in [3.05, 3.63) is 194 Å². The number of hydrogen-bond acceptors (Lipinski definition) is 15. The summed E-state index contributed by atoms with van der Waals surface area (Å²) < 4.78 is 17.2. The highest BCUT2D eigenvalue weighted by Gasteiger charge is 1.93. The van der Waals surface area contributed by atoms with Crippen molar-refractivity contribution >= 4 is 34.2 Å². The van der Waals surface area contributed by atoms with Gasteiger partial charge in [0.1, 0.15) is 25.2 Å². The molecule has 0 aromatic carbocycles. The highest BCUT2D eigenvalue weighted by atomic mass is 32.1. The molecule has 0 saturated carbocycles. The van der Waals surface area contributed by atoms with E-state index in [1.807, 2.05) is 82.4 Å². The Hall–Kier alpha value is -6.54. The predicted molar refractivity (Wildman–Crippen MR) is 217 cm³/mol. The standard InChI is InChI=1S/C4H9N.C4H5N.C4H4O.C4H4S.2C3H4N2.2C3H3NO.2C3H3NS.C2H3N3/c4*1-2-4-5-3-1;1-2-5-3-4-1;1-2-4-5-3-1;1-2-5-3-4-1;1-2-4-5-3-1;1-2-5-3-4-1;1-2-4-5-3-1;1-3-2-5-4-1/h5H,1-4H2;1-5H;2*1-4H;2*1-3H,(H,4,5);4*1-3H;1-2H,(H,3,4,5). The monoisotopic (exact) mass is 803 g/mol. The number of nitrogens with one attached hydrogen (secondary N) is 5. The Morgan fingerprint density at radius 2 is 1.36 bits per heavy atom. The largest absolute Gasteiger partial charge is 0.473 e. The number of rotatable bonds is 0. The molecular weight excluding hydrogens is 759 g/mol. The third-order valence-electron chi connectivity index (χ3n) is 4.84. The third kappa shape index (κ3) is 41.8. The van der Waals surface area contributed by atoms with Crippen molar-refractivity contribution in [1.82, 2.24) is 65.1 Å². The first-order valence-electron chi connectivity index (χ1n) is 16.2. The molecule has 0 amide bonds. The van der Waals surface area contributed by atoms with Crippen LogP contribution in [0.4, 0.5) is 0 Å². The van der Waals surface area contributed by atoms with Crippen LogP contribution in [0, 0.1) is 0 Å². The molecule has 1 aliphatic heterocycles. The van der Waals surface area contributed by atoms with Gasteiger partial charge in [-0.15, -0.1) is 11.3 Å². The number of aromatic nitrogens is 12. The summed E-state index contributed by atoms with van der Waals surface area (Å²) in [5, 5.41) is 26.7. The van der Waals surface area contributed by atoms with Gasteiger partial charge in [-0.25, -0.2) is 19.3 Å². The van der Waals surface area contributed by atoms with Crippen molar-refractivity contribution in [3.63, 3.8) is 0 Å². The number of furan rings is 1. The van der Waals surface area contributed by atoms with E-state index in [0.29, 0.717) is 0 Å². The molecule has 16 nitrogen and oxygen atoms in total. The van der Waals surface area contributed by atoms with Gasteiger partial charge in [-0.3, -0.25) is 15.2 Å². The van der Waals surface area contributed by atoms with Crippen LogP contribution in [0.1, 0.15) is 12.8 Å². The maximum Gasteiger partial charge on any atom is 0.180 e. The number of imidazole rings is 1. The summed E-state index contributed by atoms with van der Waals surface area (Å²) >= 11 is 4.78. The number of H-pyrrole nitrogens is 4. The van der Waals surface area contributed by atoms with Crippen molar-refractivity contribution in [3.8, 4) is 0 Å². The van der Waals surface area contributed by atoms with Crippen molar-refractivity contribution in [2.24, 2.45) is 0 Å². The van der Waals surface area contributed by atoms with E-state index in [1.165, 1.54) is 69.0 Å². The van der Waals surface area contributed by atoms with Gasteiger partial charge in [0.15, 0.2) is 6.39 Å². The zero-order valence-corrected chi connectivity index (χ0v) is 32.3. The van der Waals surface area contributed by atoms with Crippen LogP contribution in [-0.2, 0) is 0 Å². The third-order valence-corrected chi connectivity index (χ3v) is 6.51. The van der Waals surface area contributed by atoms with Crippen LogP contribution < -0.4 is 5.32 Å². The van der Waals surface area contributed by atoms with Crippen molar-refractivity contribution in [1.29, 1.82) is 0 Å². The Kier molecular flexibility index (Phi) is 36.9. The molecule has 0 atom stereocenters. The molecule has 290 valence electrons. The Labute approximate surface area is 331 Å². The second-order valence-electron chi connectivity index (χ2n) is 8.84. The van der Waals surface area contributed by atoms with E-state index in [9.17, 15) is 0 Å². The molecule has 11 heterocycles. The molecule has 10 aromatic heterocycles. The van der Waals surface area contributed by atoms with Gasteiger partial charge >= 0.3 is 0 Å². The highest BCUT2D eigenvalue weighted by molar-refractivity contribution is 7.07. The van der Waals surface area contributed by atoms with Gasteiger partial charge in [0.05, 0.1) is 36.8 Å². The molecule has 0 spiro atoms. The number of thiophene rings is 1. The van der Waals surface area contributed by atoms with Crippen LogP contribution >= 0.6 is 34.2 Å². The summed E-state index contributed by atoms with van der Waals surface area (Å²) in [7, 11) is 0. The predicted octanol–water partition coefficient (Wildman–Crippen LogP) is 8.67. The van der Waals surface area contributed by atoms with Gasteiger partial charge in [-0.2, -0.15) is 21.5 Å². The molecule has 0 unspecified atom stereocenters. The second kappa shape index (κ2) is 43.6. The summed E-state index contributed by atoms with van der Waals surface area (Å²) in [6, 6.07) is 17.1. The average Bonchev–Trinajstić information content (AvgIpc) is 4.11. The first-order valence-corrected chi connectivity index (χ1v) is 18.9. The number of hydrogen-bond donors (Lipinski definition) is 5. The van der Waals surface area contributed by atoms with Crippen molar-refractivity contribution < 1.29 is 13.4 Å². The highest BCUT2D eigenvalue weighted by Crippen LogP contribution is 1.92. The average molecular weight is 804 g/mol. The molecule has 0 bridgehead atoms. The molecule has 1 aliphatic rings. The van der Waals surface area contributed by atoms with Gasteiger partial charge < -0.3 is 28.6 Å². The maximum absolute atomic E-state index is 4.58. The minimum absolute atomic E-state index is 1.25.